The van der Waals surface area contributed by atoms with Gasteiger partial charge in [-0.05, 0) is 44.6 Å². The van der Waals surface area contributed by atoms with E-state index < -0.39 is 0 Å². The molecule has 1 aliphatic carbocycles. The maximum Gasteiger partial charge on any atom is 0.140 e. The van der Waals surface area contributed by atoms with E-state index in [4.69, 9.17) is 0 Å². The van der Waals surface area contributed by atoms with Crippen LogP contribution < -0.4 is 0 Å². The molecule has 1 aromatic rings. The van der Waals surface area contributed by atoms with Crippen molar-refractivity contribution >= 4 is 22.7 Å². The molecule has 0 fully saturated rings. The maximum atomic E-state index is 3.67. The highest BCUT2D eigenvalue weighted by molar-refractivity contribution is 8.03. The van der Waals surface area contributed by atoms with E-state index in [1.54, 1.807) is 18.2 Å². The highest BCUT2D eigenvalue weighted by Gasteiger charge is 2.19. The lowest BCUT2D eigenvalue weighted by Gasteiger charge is -2.05. The van der Waals surface area contributed by atoms with Crippen LogP contribution in [0.2, 0.25) is 0 Å². The molecule has 0 saturated carbocycles. The third-order valence-corrected chi connectivity index (χ3v) is 7.59. The van der Waals surface area contributed by atoms with Gasteiger partial charge in [0.2, 0.25) is 0 Å². The van der Waals surface area contributed by atoms with E-state index in [1.165, 1.54) is 14.7 Å². The van der Waals surface area contributed by atoms with Crippen LogP contribution in [0.1, 0.15) is 47.5 Å². The Morgan fingerprint density at radius 2 is 1.63 bits per heavy atom. The third kappa shape index (κ3) is 20.7. The Morgan fingerprint density at radius 3 is 2.20 bits per heavy atom. The van der Waals surface area contributed by atoms with Crippen molar-refractivity contribution in [1.29, 1.82) is 0 Å². The quantitative estimate of drug-likeness (QED) is 0.146. The summed E-state index contributed by atoms with van der Waals surface area (Å²) >= 11 is 1.88. The van der Waals surface area contributed by atoms with Crippen molar-refractivity contribution in [1.82, 2.24) is 0 Å². The fourth-order valence-corrected chi connectivity index (χ4v) is 4.83. The van der Waals surface area contributed by atoms with Gasteiger partial charge in [0, 0.05) is 23.5 Å². The molecule has 0 aromatic heterocycles. The standard InChI is InChI=1S/C16H21S.C11H14S.C4H6.C2H6/c1-4-5-9-12-15(2)17(3)16-13-10-7-6-8-11-14-16;1-3-7-10(2)12-11-8-5-4-6-9-11;1-3-4-2;1-2/h4-5,7-13H,1,6,14H2,2-3H3;3-10H,1-2H3;3-4H,1-2H2;1-2H3/q+1;;;/b9-5-,10-7-,11-8?,15-12+,16-13+;7-3-;;. The summed E-state index contributed by atoms with van der Waals surface area (Å²) in [5, 5.41) is 0.567. The normalized spacial score (nSPS) is 16.9. The van der Waals surface area contributed by atoms with Crippen LogP contribution in [0.3, 0.4) is 0 Å². The third-order valence-electron chi connectivity index (χ3n) is 4.33. The average Bonchev–Trinajstić information content (AvgIpc) is 2.86. The Labute approximate surface area is 224 Å². The van der Waals surface area contributed by atoms with E-state index >= 15 is 0 Å². The van der Waals surface area contributed by atoms with E-state index in [9.17, 15) is 0 Å². The summed E-state index contributed by atoms with van der Waals surface area (Å²) < 4.78 is 0. The lowest BCUT2D eigenvalue weighted by atomic mass is 10.2. The number of rotatable bonds is 8. The molecule has 0 spiro atoms. The van der Waals surface area contributed by atoms with E-state index in [1.807, 2.05) is 37.8 Å². The molecule has 1 aromatic carbocycles. The Kier molecular flexibility index (Phi) is 26.0. The number of benzene rings is 1. The Balaban J connectivity index is 0. The largest absolute Gasteiger partial charge is 0.140 e. The molecule has 0 bridgehead atoms. The second kappa shape index (κ2) is 26.2. The Hall–Kier alpha value is -2.42. The lowest BCUT2D eigenvalue weighted by Crippen LogP contribution is -2.03. The molecule has 2 rings (SSSR count). The summed E-state index contributed by atoms with van der Waals surface area (Å²) in [4.78, 5) is 4.25. The average molecular weight is 508 g/mol. The molecule has 2 heteroatoms. The maximum absolute atomic E-state index is 3.67. The van der Waals surface area contributed by atoms with Crippen molar-refractivity contribution in [3.8, 4) is 0 Å². The van der Waals surface area contributed by atoms with Crippen LogP contribution >= 0.6 is 11.8 Å². The van der Waals surface area contributed by atoms with Crippen molar-refractivity contribution in [2.24, 2.45) is 0 Å². The van der Waals surface area contributed by atoms with Gasteiger partial charge in [0.05, 0.1) is 10.9 Å². The molecular formula is C33H47S2+. The van der Waals surface area contributed by atoms with E-state index in [0.29, 0.717) is 5.25 Å². The molecule has 0 saturated heterocycles. The molecule has 2 unspecified atom stereocenters. The highest BCUT2D eigenvalue weighted by Crippen LogP contribution is 2.23. The molecule has 0 N–H and O–H groups in total. The summed E-state index contributed by atoms with van der Waals surface area (Å²) in [5.74, 6) is 0. The van der Waals surface area contributed by atoms with Crippen LogP contribution in [-0.2, 0) is 10.9 Å². The van der Waals surface area contributed by atoms with Gasteiger partial charge in [0.25, 0.3) is 0 Å². The smallest absolute Gasteiger partial charge is 0.119 e. The minimum absolute atomic E-state index is 0.211. The molecule has 0 amide bonds. The molecule has 35 heavy (non-hydrogen) atoms. The van der Waals surface area contributed by atoms with Crippen molar-refractivity contribution in [3.05, 3.63) is 139 Å². The van der Waals surface area contributed by atoms with Crippen LogP contribution in [0.4, 0.5) is 0 Å². The van der Waals surface area contributed by atoms with Crippen molar-refractivity contribution in [3.63, 3.8) is 0 Å². The zero-order chi connectivity index (χ0) is 26.7. The first-order chi connectivity index (χ1) is 17.0. The van der Waals surface area contributed by atoms with Crippen LogP contribution in [-0.4, -0.2) is 11.5 Å². The molecule has 190 valence electrons. The van der Waals surface area contributed by atoms with Crippen LogP contribution in [0.15, 0.2) is 144 Å². The van der Waals surface area contributed by atoms with Gasteiger partial charge in [-0.1, -0.05) is 119 Å². The predicted molar refractivity (Wildman–Crippen MR) is 170 cm³/mol. The van der Waals surface area contributed by atoms with Gasteiger partial charge in [-0.3, -0.25) is 0 Å². The molecule has 2 atom stereocenters. The van der Waals surface area contributed by atoms with E-state index in [-0.39, 0.29) is 10.9 Å². The summed E-state index contributed by atoms with van der Waals surface area (Å²) in [7, 11) is 0.211. The molecule has 0 nitrogen and oxygen atoms in total. The number of hydrogen-bond donors (Lipinski definition) is 0. The molecule has 0 radical (unpaired) electrons. The molecular weight excluding hydrogens is 460 g/mol. The zero-order valence-corrected chi connectivity index (χ0v) is 24.5. The van der Waals surface area contributed by atoms with E-state index in [2.05, 4.69) is 126 Å². The van der Waals surface area contributed by atoms with Gasteiger partial charge in [0.15, 0.2) is 0 Å². The lowest BCUT2D eigenvalue weighted by molar-refractivity contribution is 1.23. The molecule has 0 aliphatic heterocycles. The first-order valence-electron chi connectivity index (χ1n) is 12.2. The van der Waals surface area contributed by atoms with Crippen molar-refractivity contribution in [2.45, 2.75) is 57.6 Å². The summed E-state index contributed by atoms with van der Waals surface area (Å²) in [6, 6.07) is 10.5. The fraction of sp³-hybridized carbons (Fsp3) is 0.273. The Morgan fingerprint density at radius 1 is 0.971 bits per heavy atom. The SMILES string of the molecule is C/C=C\C(C)Sc1ccccc1.C=C/C=C\C=C(/C)[S+](C)/C1=C/C=C\CC=CC1.C=CC=C.CC. The van der Waals surface area contributed by atoms with Crippen molar-refractivity contribution in [2.75, 3.05) is 6.26 Å². The van der Waals surface area contributed by atoms with Gasteiger partial charge in [-0.15, -0.1) is 11.8 Å². The van der Waals surface area contributed by atoms with Gasteiger partial charge in [-0.2, -0.15) is 0 Å². The second-order valence-electron chi connectivity index (χ2n) is 7.01. The zero-order valence-electron chi connectivity index (χ0n) is 22.8. The first-order valence-corrected chi connectivity index (χ1v) is 14.7. The van der Waals surface area contributed by atoms with Crippen LogP contribution in [0, 0.1) is 0 Å². The van der Waals surface area contributed by atoms with Gasteiger partial charge in [-0.25, -0.2) is 0 Å². The number of allylic oxidation sites excluding steroid dienone is 14. The van der Waals surface area contributed by atoms with Gasteiger partial charge >= 0.3 is 0 Å². The Bertz CT molecular complexity index is 842. The van der Waals surface area contributed by atoms with Crippen LogP contribution in [0.5, 0.6) is 0 Å². The first kappa shape index (κ1) is 34.7. The minimum atomic E-state index is 0.211. The highest BCUT2D eigenvalue weighted by atomic mass is 32.2. The predicted octanol–water partition coefficient (Wildman–Crippen LogP) is 10.8. The van der Waals surface area contributed by atoms with Crippen LogP contribution in [0.25, 0.3) is 0 Å². The fourth-order valence-electron chi connectivity index (χ4n) is 2.53. The summed E-state index contributed by atoms with van der Waals surface area (Å²) in [6.07, 6.45) is 31.1. The van der Waals surface area contributed by atoms with Gasteiger partial charge < -0.3 is 0 Å². The molecule has 1 aliphatic rings. The topological polar surface area (TPSA) is 0 Å². The summed E-state index contributed by atoms with van der Waals surface area (Å²) in [5.41, 5.74) is 0. The van der Waals surface area contributed by atoms with Gasteiger partial charge in [0.1, 0.15) is 16.1 Å². The number of hydrogen-bond acceptors (Lipinski definition) is 1. The molecule has 0 heterocycles. The van der Waals surface area contributed by atoms with Crippen molar-refractivity contribution < 1.29 is 0 Å². The summed E-state index contributed by atoms with van der Waals surface area (Å²) in [6.45, 7) is 20.9. The minimum Gasteiger partial charge on any atom is -0.119 e. The monoisotopic (exact) mass is 507 g/mol. The number of thioether (sulfide) groups is 1. The second-order valence-corrected chi connectivity index (χ2v) is 10.7. The van der Waals surface area contributed by atoms with E-state index in [0.717, 1.165) is 12.8 Å².